The van der Waals surface area contributed by atoms with E-state index in [0.717, 1.165) is 0 Å². The van der Waals surface area contributed by atoms with E-state index in [1.54, 1.807) is 0 Å². The monoisotopic (exact) mass is 426 g/mol. The van der Waals surface area contributed by atoms with E-state index in [0.29, 0.717) is 7.11 Å². The molecule has 1 fully saturated rings. The lowest BCUT2D eigenvalue weighted by atomic mass is 10.2. The highest BCUT2D eigenvalue weighted by Gasteiger charge is 2.51. The molecule has 0 saturated carbocycles. The fraction of sp³-hybridized carbons (Fsp3) is 0.636. The molecule has 158 valence electrons. The highest BCUT2D eigenvalue weighted by atomic mass is 19.4. The van der Waals surface area contributed by atoms with Crippen LogP contribution in [0, 0.1) is 0 Å². The van der Waals surface area contributed by atoms with Crippen molar-refractivity contribution in [3.63, 3.8) is 0 Å². The number of ether oxygens (including phenoxy) is 3. The summed E-state index contributed by atoms with van der Waals surface area (Å²) >= 11 is 0. The molecule has 1 aliphatic heterocycles. The SMILES string of the molecule is COC(=O)C(OB1OC(=O)C(C(=O)OCC(F)(F)F)O1)C(=O)OCC(F)(F)F. The van der Waals surface area contributed by atoms with Crippen molar-refractivity contribution in [1.82, 2.24) is 0 Å². The number of alkyl halides is 6. The maximum Gasteiger partial charge on any atom is 0.717 e. The Morgan fingerprint density at radius 1 is 1.04 bits per heavy atom. The van der Waals surface area contributed by atoms with Gasteiger partial charge in [-0.05, 0) is 0 Å². The van der Waals surface area contributed by atoms with Gasteiger partial charge in [-0.3, -0.25) is 4.79 Å². The van der Waals surface area contributed by atoms with Gasteiger partial charge in [0.1, 0.15) is 0 Å². The molecule has 1 saturated heterocycles. The molecule has 2 atom stereocenters. The first-order chi connectivity index (χ1) is 12.7. The van der Waals surface area contributed by atoms with E-state index in [1.807, 2.05) is 0 Å². The Morgan fingerprint density at radius 2 is 1.57 bits per heavy atom. The van der Waals surface area contributed by atoms with Crippen LogP contribution in [0.4, 0.5) is 26.3 Å². The lowest BCUT2D eigenvalue weighted by molar-refractivity contribution is -0.195. The molecule has 10 nitrogen and oxygen atoms in total. The zero-order valence-electron chi connectivity index (χ0n) is 13.5. The Hall–Kier alpha value is -2.56. The number of carbonyl (C=O) groups is 4. The third-order valence-electron chi connectivity index (χ3n) is 2.52. The van der Waals surface area contributed by atoms with Crippen LogP contribution in [-0.4, -0.2) is 76.1 Å². The number of hydrogen-bond acceptors (Lipinski definition) is 10. The highest BCUT2D eigenvalue weighted by Crippen LogP contribution is 2.19. The van der Waals surface area contributed by atoms with E-state index in [9.17, 15) is 45.5 Å². The predicted octanol–water partition coefficient (Wildman–Crippen LogP) is -0.318. The van der Waals surface area contributed by atoms with E-state index >= 15 is 0 Å². The third-order valence-corrected chi connectivity index (χ3v) is 2.52. The Balaban J connectivity index is 2.72. The van der Waals surface area contributed by atoms with Crippen molar-refractivity contribution in [2.24, 2.45) is 0 Å². The second-order valence-corrected chi connectivity index (χ2v) is 4.73. The Kier molecular flexibility index (Phi) is 7.62. The number of methoxy groups -OCH3 is 1. The number of esters is 3. The van der Waals surface area contributed by atoms with Crippen LogP contribution < -0.4 is 0 Å². The van der Waals surface area contributed by atoms with Crippen LogP contribution in [0.15, 0.2) is 0 Å². The number of halogens is 6. The van der Waals surface area contributed by atoms with Gasteiger partial charge in [-0.1, -0.05) is 0 Å². The summed E-state index contributed by atoms with van der Waals surface area (Å²) in [5, 5.41) is 0. The molecule has 28 heavy (non-hydrogen) atoms. The van der Waals surface area contributed by atoms with Crippen LogP contribution in [0.25, 0.3) is 0 Å². The fourth-order valence-electron chi connectivity index (χ4n) is 1.45. The second kappa shape index (κ2) is 9.09. The molecule has 0 amide bonds. The summed E-state index contributed by atoms with van der Waals surface area (Å²) in [4.78, 5) is 45.7. The van der Waals surface area contributed by atoms with Crippen LogP contribution in [0.2, 0.25) is 0 Å². The summed E-state index contributed by atoms with van der Waals surface area (Å²) in [5.41, 5.74) is 0. The maximum atomic E-state index is 12.1. The Labute approximate surface area is 151 Å². The second-order valence-electron chi connectivity index (χ2n) is 4.73. The van der Waals surface area contributed by atoms with Gasteiger partial charge < -0.3 is 28.2 Å². The first-order valence-corrected chi connectivity index (χ1v) is 6.79. The van der Waals surface area contributed by atoms with E-state index < -0.39 is 69.0 Å². The molecule has 1 aliphatic rings. The molecule has 0 aromatic rings. The van der Waals surface area contributed by atoms with Crippen molar-refractivity contribution in [3.05, 3.63) is 0 Å². The summed E-state index contributed by atoms with van der Waals surface area (Å²) in [6.07, 6.45) is -14.8. The van der Waals surface area contributed by atoms with Crippen LogP contribution in [0.1, 0.15) is 0 Å². The van der Waals surface area contributed by atoms with E-state index in [2.05, 4.69) is 28.2 Å². The minimum atomic E-state index is -4.94. The topological polar surface area (TPSA) is 124 Å². The van der Waals surface area contributed by atoms with Crippen molar-refractivity contribution in [1.29, 1.82) is 0 Å². The standard InChI is InChI=1S/C11H9BF6O10/c1-23-6(19)4(7(20)24-2-10(13,14)15)26-12-27-5(9(22)28-12)8(21)25-3-11(16,17)18/h4-5H,2-3H2,1H3. The number of hydrogen-bond donors (Lipinski definition) is 0. The van der Waals surface area contributed by atoms with Gasteiger partial charge in [0.2, 0.25) is 12.2 Å². The smallest absolute Gasteiger partial charge is 0.482 e. The average Bonchev–Trinajstić information content (AvgIpc) is 2.94. The fourth-order valence-corrected chi connectivity index (χ4v) is 1.45. The number of rotatable bonds is 7. The molecule has 0 radical (unpaired) electrons. The normalized spacial score (nSPS) is 18.3. The third kappa shape index (κ3) is 7.59. The first-order valence-electron chi connectivity index (χ1n) is 6.79. The molecule has 0 aliphatic carbocycles. The Bertz CT molecular complexity index is 620. The first kappa shape index (κ1) is 23.5. The lowest BCUT2D eigenvalue weighted by Crippen LogP contribution is -2.42. The molecule has 1 rings (SSSR count). The minimum absolute atomic E-state index is 0.717. The van der Waals surface area contributed by atoms with Gasteiger partial charge in [0.15, 0.2) is 13.2 Å². The molecule has 0 bridgehead atoms. The summed E-state index contributed by atoms with van der Waals surface area (Å²) < 4.78 is 96.9. The zero-order chi connectivity index (χ0) is 21.7. The average molecular weight is 426 g/mol. The van der Waals surface area contributed by atoms with Gasteiger partial charge in [0.05, 0.1) is 7.11 Å². The van der Waals surface area contributed by atoms with Gasteiger partial charge >= 0.3 is 43.6 Å². The van der Waals surface area contributed by atoms with Crippen molar-refractivity contribution in [2.45, 2.75) is 24.6 Å². The van der Waals surface area contributed by atoms with Crippen molar-refractivity contribution >= 4 is 31.2 Å². The maximum absolute atomic E-state index is 12.1. The molecule has 0 aromatic heterocycles. The minimum Gasteiger partial charge on any atom is -0.482 e. The lowest BCUT2D eigenvalue weighted by Gasteiger charge is -2.16. The quantitative estimate of drug-likeness (QED) is 0.176. The molecule has 0 aromatic carbocycles. The van der Waals surface area contributed by atoms with E-state index in [1.165, 1.54) is 0 Å². The van der Waals surface area contributed by atoms with Gasteiger partial charge in [-0.25, -0.2) is 14.4 Å². The summed E-state index contributed by atoms with van der Waals surface area (Å²) in [6.45, 7) is -4.15. The molecular formula is C11H9BF6O10. The molecule has 0 N–H and O–H groups in total. The summed E-state index contributed by atoms with van der Waals surface area (Å²) in [7, 11) is -1.62. The molecule has 0 spiro atoms. The van der Waals surface area contributed by atoms with Crippen molar-refractivity contribution < 1.29 is 73.7 Å². The zero-order valence-corrected chi connectivity index (χ0v) is 13.5. The largest absolute Gasteiger partial charge is 0.717 e. The van der Waals surface area contributed by atoms with Crippen LogP contribution in [0.5, 0.6) is 0 Å². The predicted molar refractivity (Wildman–Crippen MR) is 67.6 cm³/mol. The van der Waals surface area contributed by atoms with Gasteiger partial charge in [-0.15, -0.1) is 0 Å². The van der Waals surface area contributed by atoms with E-state index in [4.69, 9.17) is 0 Å². The summed E-state index contributed by atoms with van der Waals surface area (Å²) in [5.74, 6) is -6.94. The molecule has 2 unspecified atom stereocenters. The molecule has 1 heterocycles. The molecule has 17 heteroatoms. The van der Waals surface area contributed by atoms with E-state index in [-0.39, 0.29) is 0 Å². The van der Waals surface area contributed by atoms with Crippen molar-refractivity contribution in [2.75, 3.05) is 20.3 Å². The van der Waals surface area contributed by atoms with Crippen molar-refractivity contribution in [3.8, 4) is 0 Å². The molecular weight excluding hydrogens is 417 g/mol. The van der Waals surface area contributed by atoms with Gasteiger partial charge in [-0.2, -0.15) is 26.3 Å². The number of carbonyl (C=O) groups excluding carboxylic acids is 4. The Morgan fingerprint density at radius 3 is 2.07 bits per heavy atom. The van der Waals surface area contributed by atoms with Crippen LogP contribution >= 0.6 is 0 Å². The highest BCUT2D eigenvalue weighted by molar-refractivity contribution is 6.44. The van der Waals surface area contributed by atoms with Gasteiger partial charge in [0, 0.05) is 0 Å². The van der Waals surface area contributed by atoms with Gasteiger partial charge in [0.25, 0.3) is 0 Å². The summed E-state index contributed by atoms with van der Waals surface area (Å²) in [6, 6.07) is 0. The van der Waals surface area contributed by atoms with Crippen LogP contribution in [0.3, 0.4) is 0 Å². The van der Waals surface area contributed by atoms with Crippen LogP contribution in [-0.2, 0) is 47.4 Å².